The lowest BCUT2D eigenvalue weighted by atomic mass is 10.2. The Morgan fingerprint density at radius 1 is 1.31 bits per heavy atom. The molecule has 1 aromatic rings. The van der Waals surface area contributed by atoms with Gasteiger partial charge in [-0.05, 0) is 45.0 Å². The van der Waals surface area contributed by atoms with Gasteiger partial charge in [-0.15, -0.1) is 24.0 Å². The Morgan fingerprint density at radius 3 is 2.85 bits per heavy atom. The van der Waals surface area contributed by atoms with Crippen LogP contribution in [0, 0.1) is 0 Å². The van der Waals surface area contributed by atoms with E-state index >= 15 is 0 Å². The number of benzene rings is 1. The predicted molar refractivity (Wildman–Crippen MR) is 119 cm³/mol. The summed E-state index contributed by atoms with van der Waals surface area (Å²) in [6.45, 7) is 4.20. The number of rotatable bonds is 5. The zero-order valence-corrected chi connectivity index (χ0v) is 18.4. The second-order valence-electron chi connectivity index (χ2n) is 7.01. The van der Waals surface area contributed by atoms with Crippen molar-refractivity contribution in [3.8, 4) is 5.75 Å². The molecule has 2 heterocycles. The van der Waals surface area contributed by atoms with Crippen molar-refractivity contribution in [3.63, 3.8) is 0 Å². The first-order chi connectivity index (χ1) is 12.2. The van der Waals surface area contributed by atoms with Gasteiger partial charge >= 0.3 is 0 Å². The molecule has 0 aromatic heterocycles. The van der Waals surface area contributed by atoms with Gasteiger partial charge in [0.05, 0.1) is 7.11 Å². The van der Waals surface area contributed by atoms with Crippen molar-refractivity contribution in [2.75, 3.05) is 52.3 Å². The van der Waals surface area contributed by atoms with Gasteiger partial charge in [0.1, 0.15) is 5.75 Å². The van der Waals surface area contributed by atoms with Crippen LogP contribution in [-0.4, -0.2) is 70.3 Å². The highest BCUT2D eigenvalue weighted by Gasteiger charge is 2.25. The van der Waals surface area contributed by atoms with Crippen molar-refractivity contribution in [1.29, 1.82) is 0 Å². The number of anilines is 1. The number of ether oxygens (including phenoxy) is 1. The molecule has 146 valence electrons. The van der Waals surface area contributed by atoms with E-state index in [-0.39, 0.29) is 24.0 Å². The van der Waals surface area contributed by atoms with Crippen molar-refractivity contribution >= 4 is 35.6 Å². The second-order valence-corrected chi connectivity index (χ2v) is 7.01. The van der Waals surface area contributed by atoms with Crippen LogP contribution in [0.1, 0.15) is 19.3 Å². The van der Waals surface area contributed by atoms with E-state index in [2.05, 4.69) is 44.6 Å². The molecular weight excluding hydrogens is 441 g/mol. The maximum atomic E-state index is 5.34. The number of guanidine groups is 1. The molecule has 2 N–H and O–H groups in total. The second kappa shape index (κ2) is 10.2. The molecule has 1 aromatic carbocycles. The summed E-state index contributed by atoms with van der Waals surface area (Å²) >= 11 is 0. The quantitative estimate of drug-likeness (QED) is 0.390. The Kier molecular flexibility index (Phi) is 8.27. The van der Waals surface area contributed by atoms with Gasteiger partial charge in [0.15, 0.2) is 5.96 Å². The Balaban J connectivity index is 0.00000243. The first kappa shape index (κ1) is 21.1. The predicted octanol–water partition coefficient (Wildman–Crippen LogP) is 2.15. The van der Waals surface area contributed by atoms with E-state index < -0.39 is 0 Å². The Morgan fingerprint density at radius 2 is 2.15 bits per heavy atom. The molecule has 0 spiro atoms. The molecule has 2 aliphatic heterocycles. The van der Waals surface area contributed by atoms with Crippen LogP contribution in [0.2, 0.25) is 0 Å². The maximum absolute atomic E-state index is 5.34. The van der Waals surface area contributed by atoms with Gasteiger partial charge in [0.2, 0.25) is 0 Å². The van der Waals surface area contributed by atoms with E-state index in [1.807, 2.05) is 19.2 Å². The van der Waals surface area contributed by atoms with Crippen LogP contribution in [-0.2, 0) is 0 Å². The molecule has 0 aliphatic carbocycles. The summed E-state index contributed by atoms with van der Waals surface area (Å²) in [5.74, 6) is 1.82. The van der Waals surface area contributed by atoms with Crippen LogP contribution in [0.4, 0.5) is 5.69 Å². The third kappa shape index (κ3) is 5.39. The van der Waals surface area contributed by atoms with Gasteiger partial charge in [-0.2, -0.15) is 0 Å². The van der Waals surface area contributed by atoms with Crippen molar-refractivity contribution in [1.82, 2.24) is 15.5 Å². The minimum atomic E-state index is 0. The third-order valence-corrected chi connectivity index (χ3v) is 5.35. The van der Waals surface area contributed by atoms with Crippen LogP contribution < -0.4 is 20.3 Å². The highest BCUT2D eigenvalue weighted by molar-refractivity contribution is 14.0. The molecule has 0 amide bonds. The van der Waals surface area contributed by atoms with Crippen LogP contribution in [0.5, 0.6) is 5.75 Å². The number of likely N-dealkylation sites (tertiary alicyclic amines) is 1. The van der Waals surface area contributed by atoms with Gasteiger partial charge in [-0.1, -0.05) is 6.07 Å². The summed E-state index contributed by atoms with van der Waals surface area (Å²) in [6.07, 6.45) is 3.68. The van der Waals surface area contributed by atoms with Crippen LogP contribution in [0.15, 0.2) is 29.3 Å². The van der Waals surface area contributed by atoms with Gasteiger partial charge in [0, 0.05) is 50.5 Å². The van der Waals surface area contributed by atoms with Gasteiger partial charge in [-0.25, -0.2) is 0 Å². The molecule has 2 aliphatic rings. The fourth-order valence-corrected chi connectivity index (χ4v) is 3.76. The first-order valence-electron chi connectivity index (χ1n) is 9.26. The van der Waals surface area contributed by atoms with E-state index in [0.717, 1.165) is 37.8 Å². The molecule has 0 bridgehead atoms. The summed E-state index contributed by atoms with van der Waals surface area (Å²) in [7, 11) is 5.77. The van der Waals surface area contributed by atoms with E-state index in [1.54, 1.807) is 7.11 Å². The fourth-order valence-electron chi connectivity index (χ4n) is 3.76. The largest absolute Gasteiger partial charge is 0.497 e. The number of halogens is 1. The number of likely N-dealkylation sites (N-methyl/N-ethyl adjacent to an activating group) is 1. The highest BCUT2D eigenvalue weighted by atomic mass is 127. The van der Waals surface area contributed by atoms with Gasteiger partial charge < -0.3 is 25.2 Å². The fraction of sp³-hybridized carbons (Fsp3) is 0.632. The van der Waals surface area contributed by atoms with Gasteiger partial charge in [0.25, 0.3) is 0 Å². The van der Waals surface area contributed by atoms with E-state index in [1.165, 1.54) is 25.1 Å². The Bertz CT molecular complexity index is 597. The van der Waals surface area contributed by atoms with E-state index in [9.17, 15) is 0 Å². The Hall–Kier alpha value is -1.22. The summed E-state index contributed by atoms with van der Waals surface area (Å²) < 4.78 is 5.34. The number of aliphatic imine (C=N–C) groups is 1. The van der Waals surface area contributed by atoms with Crippen molar-refractivity contribution in [2.24, 2.45) is 4.99 Å². The molecule has 2 unspecified atom stereocenters. The molecule has 6 nitrogen and oxygen atoms in total. The lowest BCUT2D eigenvalue weighted by Gasteiger charge is -2.23. The normalized spacial score (nSPS) is 23.7. The van der Waals surface area contributed by atoms with Crippen molar-refractivity contribution < 1.29 is 4.74 Å². The molecule has 2 saturated heterocycles. The molecule has 3 rings (SSSR count). The van der Waals surface area contributed by atoms with Crippen LogP contribution in [0.25, 0.3) is 0 Å². The number of nitrogens with zero attached hydrogens (tertiary/aromatic N) is 3. The molecular formula is C19H32IN5O. The molecule has 2 atom stereocenters. The smallest absolute Gasteiger partial charge is 0.191 e. The number of nitrogens with one attached hydrogen (secondary N) is 2. The third-order valence-electron chi connectivity index (χ3n) is 5.35. The minimum Gasteiger partial charge on any atom is -0.497 e. The topological polar surface area (TPSA) is 52.1 Å². The molecule has 0 saturated carbocycles. The SMILES string of the molecule is CN=C(NCC1CCCN1C)NC1CCN(c2cccc(OC)c2)C1.I. The summed E-state index contributed by atoms with van der Waals surface area (Å²) in [6, 6.07) is 9.32. The number of methoxy groups -OCH3 is 1. The van der Waals surface area contributed by atoms with Crippen molar-refractivity contribution in [2.45, 2.75) is 31.3 Å². The lowest BCUT2D eigenvalue weighted by Crippen LogP contribution is -2.48. The molecule has 0 radical (unpaired) electrons. The summed E-state index contributed by atoms with van der Waals surface area (Å²) in [5, 5.41) is 7.08. The highest BCUT2D eigenvalue weighted by Crippen LogP contribution is 2.24. The van der Waals surface area contributed by atoms with Crippen LogP contribution in [0.3, 0.4) is 0 Å². The standard InChI is InChI=1S/C19H31N5O.HI/c1-20-19(21-13-17-7-5-10-23(17)2)22-15-9-11-24(14-15)16-6-4-8-18(12-16)25-3;/h4,6,8,12,15,17H,5,7,9-11,13-14H2,1-3H3,(H2,20,21,22);1H. The molecule has 26 heavy (non-hydrogen) atoms. The van der Waals surface area contributed by atoms with E-state index in [0.29, 0.717) is 12.1 Å². The first-order valence-corrected chi connectivity index (χ1v) is 9.26. The van der Waals surface area contributed by atoms with Crippen molar-refractivity contribution in [3.05, 3.63) is 24.3 Å². The van der Waals surface area contributed by atoms with E-state index in [4.69, 9.17) is 4.74 Å². The van der Waals surface area contributed by atoms with Crippen LogP contribution >= 0.6 is 24.0 Å². The van der Waals surface area contributed by atoms with Gasteiger partial charge in [-0.3, -0.25) is 4.99 Å². The number of hydrogen-bond acceptors (Lipinski definition) is 4. The maximum Gasteiger partial charge on any atom is 0.191 e. The minimum absolute atomic E-state index is 0. The monoisotopic (exact) mass is 473 g/mol. The average Bonchev–Trinajstić information content (AvgIpc) is 3.27. The summed E-state index contributed by atoms with van der Waals surface area (Å²) in [4.78, 5) is 9.23. The molecule has 2 fully saturated rings. The number of hydrogen-bond donors (Lipinski definition) is 2. The zero-order chi connectivity index (χ0) is 17.6. The average molecular weight is 473 g/mol. The molecule has 7 heteroatoms. The zero-order valence-electron chi connectivity index (χ0n) is 16.1. The Labute approximate surface area is 174 Å². The summed E-state index contributed by atoms with van der Waals surface area (Å²) in [5.41, 5.74) is 1.22. The lowest BCUT2D eigenvalue weighted by molar-refractivity contribution is 0.309.